The average Bonchev–Trinajstić information content (AvgIpc) is 2.75. The predicted octanol–water partition coefficient (Wildman–Crippen LogP) is 2.95. The highest BCUT2D eigenvalue weighted by atomic mass is 32.1. The van der Waals surface area contributed by atoms with E-state index in [2.05, 4.69) is 0 Å². The highest BCUT2D eigenvalue weighted by Gasteiger charge is 2.17. The summed E-state index contributed by atoms with van der Waals surface area (Å²) in [6.45, 7) is 1.77. The highest BCUT2D eigenvalue weighted by molar-refractivity contribution is 7.10. The summed E-state index contributed by atoms with van der Waals surface area (Å²) in [6, 6.07) is 6.27. The minimum Gasteiger partial charge on any atom is -0.505 e. The van der Waals surface area contributed by atoms with Crippen molar-refractivity contribution in [1.82, 2.24) is 0 Å². The Kier molecular flexibility index (Phi) is 2.94. The Morgan fingerprint density at radius 2 is 2.19 bits per heavy atom. The van der Waals surface area contributed by atoms with E-state index in [1.165, 1.54) is 17.4 Å². The van der Waals surface area contributed by atoms with Crippen LogP contribution in [0.1, 0.15) is 22.0 Å². The molecule has 0 fully saturated rings. The Hall–Kier alpha value is -1.39. The van der Waals surface area contributed by atoms with Crippen LogP contribution in [0.2, 0.25) is 0 Å². The second kappa shape index (κ2) is 4.23. The summed E-state index contributed by atoms with van der Waals surface area (Å²) in [6.07, 6.45) is 0. The maximum absolute atomic E-state index is 13.3. The Morgan fingerprint density at radius 3 is 2.81 bits per heavy atom. The lowest BCUT2D eigenvalue weighted by molar-refractivity contribution is 0.423. The normalized spacial score (nSPS) is 12.7. The largest absolute Gasteiger partial charge is 0.505 e. The Bertz CT molecular complexity index is 496. The molecule has 0 bridgehead atoms. The molecule has 4 heteroatoms. The van der Waals surface area contributed by atoms with Gasteiger partial charge in [0.1, 0.15) is 0 Å². The van der Waals surface area contributed by atoms with Crippen LogP contribution in [0, 0.1) is 12.7 Å². The highest BCUT2D eigenvalue weighted by Crippen LogP contribution is 2.32. The first kappa shape index (κ1) is 11.1. The quantitative estimate of drug-likeness (QED) is 0.843. The molecule has 0 saturated carbocycles. The fourth-order valence-corrected chi connectivity index (χ4v) is 2.36. The zero-order valence-corrected chi connectivity index (χ0v) is 9.59. The van der Waals surface area contributed by atoms with Crippen molar-refractivity contribution < 1.29 is 9.50 Å². The van der Waals surface area contributed by atoms with Crippen molar-refractivity contribution in [3.63, 3.8) is 0 Å². The van der Waals surface area contributed by atoms with Gasteiger partial charge < -0.3 is 10.8 Å². The van der Waals surface area contributed by atoms with Crippen molar-refractivity contribution in [3.05, 3.63) is 51.5 Å². The van der Waals surface area contributed by atoms with Crippen LogP contribution in [0.3, 0.4) is 0 Å². The number of hydrogen-bond acceptors (Lipinski definition) is 3. The lowest BCUT2D eigenvalue weighted by atomic mass is 10.0. The first-order valence-corrected chi connectivity index (χ1v) is 5.75. The molecule has 1 aromatic heterocycles. The van der Waals surface area contributed by atoms with Crippen molar-refractivity contribution in [2.45, 2.75) is 13.0 Å². The number of nitrogens with two attached hydrogens (primary N) is 1. The molecule has 0 spiro atoms. The zero-order valence-electron chi connectivity index (χ0n) is 8.77. The van der Waals surface area contributed by atoms with E-state index < -0.39 is 11.9 Å². The summed E-state index contributed by atoms with van der Waals surface area (Å²) in [4.78, 5) is 0.903. The van der Waals surface area contributed by atoms with Gasteiger partial charge in [-0.15, -0.1) is 11.3 Å². The molecule has 1 atom stereocenters. The molecular formula is C12H12FNOS. The van der Waals surface area contributed by atoms with Gasteiger partial charge in [-0.25, -0.2) is 4.39 Å². The van der Waals surface area contributed by atoms with Crippen LogP contribution in [0.25, 0.3) is 0 Å². The van der Waals surface area contributed by atoms with Gasteiger partial charge in [0.25, 0.3) is 0 Å². The second-order valence-corrected chi connectivity index (χ2v) is 4.66. The molecule has 0 saturated heterocycles. The molecule has 2 aromatic rings. The van der Waals surface area contributed by atoms with Crippen LogP contribution in [0.4, 0.5) is 4.39 Å². The molecule has 0 aliphatic heterocycles. The Morgan fingerprint density at radius 1 is 1.44 bits per heavy atom. The maximum Gasteiger partial charge on any atom is 0.165 e. The number of phenols is 1. The van der Waals surface area contributed by atoms with E-state index in [4.69, 9.17) is 5.73 Å². The third-order valence-corrected chi connectivity index (χ3v) is 3.38. The molecule has 2 rings (SSSR count). The van der Waals surface area contributed by atoms with Crippen LogP contribution in [0.5, 0.6) is 5.75 Å². The van der Waals surface area contributed by atoms with Crippen molar-refractivity contribution in [1.29, 1.82) is 0 Å². The van der Waals surface area contributed by atoms with Crippen LogP contribution in [0.15, 0.2) is 29.6 Å². The monoisotopic (exact) mass is 237 g/mol. The summed E-state index contributed by atoms with van der Waals surface area (Å²) in [5.74, 6) is -0.978. The van der Waals surface area contributed by atoms with Gasteiger partial charge in [0.2, 0.25) is 0 Å². The van der Waals surface area contributed by atoms with Crippen molar-refractivity contribution in [3.8, 4) is 5.75 Å². The van der Waals surface area contributed by atoms with Crippen LogP contribution in [-0.4, -0.2) is 5.11 Å². The van der Waals surface area contributed by atoms with E-state index in [0.717, 1.165) is 10.4 Å². The van der Waals surface area contributed by atoms with E-state index in [9.17, 15) is 9.50 Å². The van der Waals surface area contributed by atoms with E-state index in [-0.39, 0.29) is 5.75 Å². The number of phenolic OH excluding ortho intramolecular Hbond substituents is 1. The minimum atomic E-state index is -0.623. The lowest BCUT2D eigenvalue weighted by Gasteiger charge is -2.13. The summed E-state index contributed by atoms with van der Waals surface area (Å²) in [5, 5.41) is 11.5. The fraction of sp³-hybridized carbons (Fsp3) is 0.167. The average molecular weight is 237 g/mol. The summed E-state index contributed by atoms with van der Waals surface area (Å²) < 4.78 is 13.3. The van der Waals surface area contributed by atoms with Crippen LogP contribution < -0.4 is 5.73 Å². The molecule has 1 aromatic carbocycles. The third-order valence-electron chi connectivity index (χ3n) is 2.42. The van der Waals surface area contributed by atoms with Gasteiger partial charge in [0.05, 0.1) is 6.04 Å². The van der Waals surface area contributed by atoms with E-state index in [0.29, 0.717) is 5.56 Å². The number of aromatic hydroxyl groups is 1. The first-order chi connectivity index (χ1) is 7.59. The van der Waals surface area contributed by atoms with Gasteiger partial charge in [-0.05, 0) is 30.0 Å². The molecule has 0 aliphatic rings. The van der Waals surface area contributed by atoms with Gasteiger partial charge in [-0.3, -0.25) is 0 Å². The number of aryl methyl sites for hydroxylation is 1. The molecular weight excluding hydrogens is 225 g/mol. The van der Waals surface area contributed by atoms with Crippen molar-refractivity contribution >= 4 is 11.3 Å². The molecule has 1 heterocycles. The van der Waals surface area contributed by atoms with Gasteiger partial charge in [-0.2, -0.15) is 0 Å². The van der Waals surface area contributed by atoms with Crippen LogP contribution >= 0.6 is 11.3 Å². The lowest BCUT2D eigenvalue weighted by Crippen LogP contribution is -2.11. The summed E-state index contributed by atoms with van der Waals surface area (Å²) >= 11 is 1.49. The molecule has 0 unspecified atom stereocenters. The maximum atomic E-state index is 13.3. The molecule has 3 N–H and O–H groups in total. The van der Waals surface area contributed by atoms with Gasteiger partial charge in [0, 0.05) is 10.4 Å². The molecule has 0 radical (unpaired) electrons. The Labute approximate surface area is 97.2 Å². The third kappa shape index (κ3) is 1.94. The van der Waals surface area contributed by atoms with E-state index >= 15 is 0 Å². The molecule has 16 heavy (non-hydrogen) atoms. The van der Waals surface area contributed by atoms with Gasteiger partial charge in [0.15, 0.2) is 11.6 Å². The Balaban J connectivity index is 2.48. The van der Waals surface area contributed by atoms with E-state index in [1.807, 2.05) is 17.5 Å². The fourth-order valence-electron chi connectivity index (χ4n) is 1.62. The number of halogens is 1. The number of benzene rings is 1. The van der Waals surface area contributed by atoms with Gasteiger partial charge in [-0.1, -0.05) is 12.1 Å². The van der Waals surface area contributed by atoms with Crippen molar-refractivity contribution in [2.75, 3.05) is 0 Å². The summed E-state index contributed by atoms with van der Waals surface area (Å²) in [7, 11) is 0. The topological polar surface area (TPSA) is 46.2 Å². The summed E-state index contributed by atoms with van der Waals surface area (Å²) in [5.41, 5.74) is 7.16. The smallest absolute Gasteiger partial charge is 0.165 e. The number of hydrogen-bond donors (Lipinski definition) is 2. The predicted molar refractivity (Wildman–Crippen MR) is 63.2 cm³/mol. The molecule has 0 amide bonds. The second-order valence-electron chi connectivity index (χ2n) is 3.68. The molecule has 84 valence electrons. The standard InChI is InChI=1S/C12H12FNOS/c1-7-5-8(12(15)9(13)6-7)11(14)10-3-2-4-16-10/h2-6,11,15H,14H2,1H3/t11-/m0/s1. The van der Waals surface area contributed by atoms with Crippen LogP contribution in [-0.2, 0) is 0 Å². The number of thiophene rings is 1. The number of rotatable bonds is 2. The van der Waals surface area contributed by atoms with E-state index in [1.54, 1.807) is 13.0 Å². The molecule has 0 aliphatic carbocycles. The zero-order chi connectivity index (χ0) is 11.7. The minimum absolute atomic E-state index is 0.355. The SMILES string of the molecule is Cc1cc(F)c(O)c([C@H](N)c2cccs2)c1. The van der Waals surface area contributed by atoms with Gasteiger partial charge >= 0.3 is 0 Å². The van der Waals surface area contributed by atoms with Crippen molar-refractivity contribution in [2.24, 2.45) is 5.73 Å². The first-order valence-electron chi connectivity index (χ1n) is 4.87. The molecule has 2 nitrogen and oxygen atoms in total.